The van der Waals surface area contributed by atoms with Gasteiger partial charge in [0.15, 0.2) is 0 Å². The maximum atomic E-state index is 12.6. The van der Waals surface area contributed by atoms with E-state index in [-0.39, 0.29) is 17.2 Å². The van der Waals surface area contributed by atoms with Gasteiger partial charge in [-0.15, -0.1) is 0 Å². The number of carbonyl (C=O) groups excluding carboxylic acids is 2. The second kappa shape index (κ2) is 6.93. The summed E-state index contributed by atoms with van der Waals surface area (Å²) in [5.41, 5.74) is 1.96. The first-order valence-corrected chi connectivity index (χ1v) is 8.66. The minimum absolute atomic E-state index is 0.0505. The second-order valence-electron chi connectivity index (χ2n) is 7.14. The summed E-state index contributed by atoms with van der Waals surface area (Å²) in [6.45, 7) is 5.55. The maximum Gasteiger partial charge on any atom is 0.253 e. The van der Waals surface area contributed by atoms with Gasteiger partial charge in [0.25, 0.3) is 5.91 Å². The molecule has 3 rings (SSSR count). The summed E-state index contributed by atoms with van der Waals surface area (Å²) in [6.07, 6.45) is 2.42. The highest BCUT2D eigenvalue weighted by molar-refractivity contribution is 5.94. The minimum Gasteiger partial charge on any atom is -0.383 e. The highest BCUT2D eigenvalue weighted by Crippen LogP contribution is 2.41. The molecule has 0 bridgehead atoms. The first-order chi connectivity index (χ1) is 11.5. The number of methoxy groups -OCH3 is 1. The van der Waals surface area contributed by atoms with Crippen LogP contribution in [0.3, 0.4) is 0 Å². The smallest absolute Gasteiger partial charge is 0.253 e. The van der Waals surface area contributed by atoms with Crippen molar-refractivity contribution in [1.82, 2.24) is 9.80 Å². The predicted octanol–water partition coefficient (Wildman–Crippen LogP) is 2.10. The van der Waals surface area contributed by atoms with Crippen molar-refractivity contribution in [2.75, 3.05) is 39.9 Å². The van der Waals surface area contributed by atoms with Crippen molar-refractivity contribution in [2.45, 2.75) is 26.2 Å². The summed E-state index contributed by atoms with van der Waals surface area (Å²) in [6, 6.07) is 7.74. The van der Waals surface area contributed by atoms with Gasteiger partial charge in [-0.1, -0.05) is 17.7 Å². The number of aryl methyl sites for hydroxylation is 1. The standard InChI is InChI=1S/C19H26N2O3/c1-15-3-5-16(6-4-15)18(23)20-9-7-19(8-10-20)13-17(22)21(14-19)11-12-24-2/h3-6H,7-14H2,1-2H3. The van der Waals surface area contributed by atoms with E-state index in [1.807, 2.05) is 41.0 Å². The number of ether oxygens (including phenoxy) is 1. The Bertz CT molecular complexity index is 604. The van der Waals surface area contributed by atoms with Gasteiger partial charge in [0.05, 0.1) is 6.61 Å². The van der Waals surface area contributed by atoms with Gasteiger partial charge >= 0.3 is 0 Å². The Hall–Kier alpha value is -1.88. The zero-order valence-electron chi connectivity index (χ0n) is 14.6. The summed E-state index contributed by atoms with van der Waals surface area (Å²) in [7, 11) is 1.66. The molecule has 24 heavy (non-hydrogen) atoms. The Morgan fingerprint density at radius 2 is 1.88 bits per heavy atom. The van der Waals surface area contributed by atoms with Gasteiger partial charge in [-0.25, -0.2) is 0 Å². The molecule has 130 valence electrons. The van der Waals surface area contributed by atoms with Crippen LogP contribution >= 0.6 is 0 Å². The lowest BCUT2D eigenvalue weighted by Crippen LogP contribution is -2.44. The summed E-state index contributed by atoms with van der Waals surface area (Å²) in [5.74, 6) is 0.329. The zero-order valence-corrected chi connectivity index (χ0v) is 14.6. The highest BCUT2D eigenvalue weighted by Gasteiger charge is 2.45. The van der Waals surface area contributed by atoms with Crippen LogP contribution in [0, 0.1) is 12.3 Å². The molecule has 5 heteroatoms. The van der Waals surface area contributed by atoms with Crippen LogP contribution in [0.4, 0.5) is 0 Å². The van der Waals surface area contributed by atoms with Crippen LogP contribution < -0.4 is 0 Å². The van der Waals surface area contributed by atoms with Gasteiger partial charge < -0.3 is 14.5 Å². The zero-order chi connectivity index (χ0) is 17.2. The highest BCUT2D eigenvalue weighted by atomic mass is 16.5. The third-order valence-electron chi connectivity index (χ3n) is 5.38. The lowest BCUT2D eigenvalue weighted by atomic mass is 9.77. The van der Waals surface area contributed by atoms with E-state index in [9.17, 15) is 9.59 Å². The molecule has 1 aromatic rings. The molecule has 1 spiro atoms. The number of amides is 2. The fraction of sp³-hybridized carbons (Fsp3) is 0.579. The first-order valence-electron chi connectivity index (χ1n) is 8.66. The summed E-state index contributed by atoms with van der Waals surface area (Å²) in [4.78, 5) is 28.7. The lowest BCUT2D eigenvalue weighted by Gasteiger charge is -2.38. The fourth-order valence-corrected chi connectivity index (χ4v) is 3.78. The van der Waals surface area contributed by atoms with Crippen molar-refractivity contribution in [2.24, 2.45) is 5.41 Å². The Kier molecular flexibility index (Phi) is 4.90. The number of nitrogens with zero attached hydrogens (tertiary/aromatic N) is 2. The first kappa shape index (κ1) is 17.0. The molecule has 2 heterocycles. The largest absolute Gasteiger partial charge is 0.383 e. The summed E-state index contributed by atoms with van der Waals surface area (Å²) in [5, 5.41) is 0. The van der Waals surface area contributed by atoms with Gasteiger partial charge in [0.2, 0.25) is 5.91 Å². The number of likely N-dealkylation sites (tertiary alicyclic amines) is 2. The number of rotatable bonds is 4. The lowest BCUT2D eigenvalue weighted by molar-refractivity contribution is -0.128. The molecule has 0 unspecified atom stereocenters. The van der Waals surface area contributed by atoms with Gasteiger partial charge in [-0.2, -0.15) is 0 Å². The van der Waals surface area contributed by atoms with Crippen molar-refractivity contribution in [1.29, 1.82) is 0 Å². The van der Waals surface area contributed by atoms with E-state index in [1.165, 1.54) is 0 Å². The molecule has 2 amide bonds. The molecule has 0 N–H and O–H groups in total. The molecule has 0 aromatic heterocycles. The monoisotopic (exact) mass is 330 g/mol. The van der Waals surface area contributed by atoms with E-state index in [2.05, 4.69) is 0 Å². The average molecular weight is 330 g/mol. The van der Waals surface area contributed by atoms with Crippen molar-refractivity contribution in [3.05, 3.63) is 35.4 Å². The van der Waals surface area contributed by atoms with Gasteiger partial charge in [0, 0.05) is 50.7 Å². The van der Waals surface area contributed by atoms with Crippen LogP contribution in [-0.2, 0) is 9.53 Å². The number of hydrogen-bond donors (Lipinski definition) is 0. The van der Waals surface area contributed by atoms with Crippen molar-refractivity contribution in [3.63, 3.8) is 0 Å². The number of piperidine rings is 1. The molecule has 0 atom stereocenters. The number of carbonyl (C=O) groups is 2. The Morgan fingerprint density at radius 3 is 2.50 bits per heavy atom. The topological polar surface area (TPSA) is 49.9 Å². The number of benzene rings is 1. The van der Waals surface area contributed by atoms with Crippen molar-refractivity contribution < 1.29 is 14.3 Å². The van der Waals surface area contributed by atoms with Crippen molar-refractivity contribution >= 4 is 11.8 Å². The van der Waals surface area contributed by atoms with Crippen LogP contribution in [0.1, 0.15) is 35.2 Å². The van der Waals surface area contributed by atoms with Crippen LogP contribution in [0.2, 0.25) is 0 Å². The Balaban J connectivity index is 1.58. The van der Waals surface area contributed by atoms with Crippen LogP contribution in [0.5, 0.6) is 0 Å². The maximum absolute atomic E-state index is 12.6. The fourth-order valence-electron chi connectivity index (χ4n) is 3.78. The summed E-state index contributed by atoms with van der Waals surface area (Å²) >= 11 is 0. The molecule has 0 saturated carbocycles. The van der Waals surface area contributed by atoms with Gasteiger partial charge in [-0.3, -0.25) is 9.59 Å². The van der Waals surface area contributed by atoms with Gasteiger partial charge in [0.1, 0.15) is 0 Å². The molecule has 2 fully saturated rings. The van der Waals surface area contributed by atoms with E-state index in [0.29, 0.717) is 19.6 Å². The SMILES string of the molecule is COCCN1CC2(CCN(C(=O)c3ccc(C)cc3)CC2)CC1=O. The molecule has 0 radical (unpaired) electrons. The predicted molar refractivity (Wildman–Crippen MR) is 91.8 cm³/mol. The molecule has 2 aliphatic heterocycles. The van der Waals surface area contributed by atoms with Crippen LogP contribution in [0.25, 0.3) is 0 Å². The molecule has 0 aliphatic carbocycles. The molecular formula is C19H26N2O3. The van der Waals surface area contributed by atoms with Crippen LogP contribution in [0.15, 0.2) is 24.3 Å². The van der Waals surface area contributed by atoms with E-state index < -0.39 is 0 Å². The molecular weight excluding hydrogens is 304 g/mol. The normalized spacial score (nSPS) is 20.0. The second-order valence-corrected chi connectivity index (χ2v) is 7.14. The van der Waals surface area contributed by atoms with E-state index >= 15 is 0 Å². The third-order valence-corrected chi connectivity index (χ3v) is 5.38. The average Bonchev–Trinajstić information content (AvgIpc) is 2.89. The van der Waals surface area contributed by atoms with Crippen molar-refractivity contribution in [3.8, 4) is 0 Å². The quantitative estimate of drug-likeness (QED) is 0.849. The van der Waals surface area contributed by atoms with Gasteiger partial charge in [-0.05, 0) is 31.9 Å². The number of hydrogen-bond acceptors (Lipinski definition) is 3. The Labute approximate surface area is 143 Å². The molecule has 5 nitrogen and oxygen atoms in total. The molecule has 2 saturated heterocycles. The van der Waals surface area contributed by atoms with E-state index in [1.54, 1.807) is 7.11 Å². The van der Waals surface area contributed by atoms with Crippen LogP contribution in [-0.4, -0.2) is 61.5 Å². The Morgan fingerprint density at radius 1 is 1.21 bits per heavy atom. The third kappa shape index (κ3) is 3.46. The summed E-state index contributed by atoms with van der Waals surface area (Å²) < 4.78 is 5.09. The van der Waals surface area contributed by atoms with E-state index in [4.69, 9.17) is 4.74 Å². The molecule has 2 aliphatic rings. The van der Waals surface area contributed by atoms with E-state index in [0.717, 1.165) is 43.6 Å². The minimum atomic E-state index is 0.0505. The molecule has 1 aromatic carbocycles.